The second-order valence-electron chi connectivity index (χ2n) is 1.54. The first-order chi connectivity index (χ1) is 4.77. The molecule has 0 unspecified atom stereocenters. The van der Waals surface area contributed by atoms with Crippen LogP contribution in [0.25, 0.3) is 0 Å². The Morgan fingerprint density at radius 3 is 3.10 bits per heavy atom. The number of nitrogens with two attached hydrogens (primary N) is 1. The molecular weight excluding hydrogens is 150 g/mol. The first-order valence-corrected chi connectivity index (χ1v) is 3.22. The monoisotopic (exact) mass is 161 g/mol. The lowest BCUT2D eigenvalue weighted by Gasteiger charge is -1.96. The van der Waals surface area contributed by atoms with Crippen molar-refractivity contribution in [3.05, 3.63) is 0 Å². The topological polar surface area (TPSA) is 59.6 Å². The largest absolute Gasteiger partial charge is 0.383 e. The fraction of sp³-hybridized carbons (Fsp3) is 0.600. The maximum absolute atomic E-state index is 5.07. The third-order valence-electron chi connectivity index (χ3n) is 0.734. The Morgan fingerprint density at radius 2 is 2.60 bits per heavy atom. The molecule has 0 aromatic rings. The van der Waals surface area contributed by atoms with Gasteiger partial charge in [-0.1, -0.05) is 0 Å². The van der Waals surface area contributed by atoms with E-state index in [9.17, 15) is 0 Å². The summed E-state index contributed by atoms with van der Waals surface area (Å²) in [4.78, 5) is 3.61. The minimum atomic E-state index is 0.130. The van der Waals surface area contributed by atoms with Gasteiger partial charge in [0, 0.05) is 13.7 Å². The average Bonchev–Trinajstić information content (AvgIpc) is 1.87. The van der Waals surface area contributed by atoms with Gasteiger partial charge in [-0.15, -0.1) is 0 Å². The van der Waals surface area contributed by atoms with Gasteiger partial charge in [0.1, 0.15) is 0 Å². The average molecular weight is 161 g/mol. The minimum Gasteiger partial charge on any atom is -0.383 e. The lowest BCUT2D eigenvalue weighted by Crippen LogP contribution is -2.18. The molecule has 4 nitrogen and oxygen atoms in total. The van der Waals surface area contributed by atoms with Crippen LogP contribution in [0.4, 0.5) is 0 Å². The molecule has 0 aliphatic carbocycles. The quantitative estimate of drug-likeness (QED) is 0.252. The molecule has 0 atom stereocenters. The fourth-order valence-electron chi connectivity index (χ4n) is 0.335. The van der Waals surface area contributed by atoms with Gasteiger partial charge in [0.25, 0.3) is 0 Å². The number of rotatable bonds is 4. The molecule has 0 fully saturated rings. The highest BCUT2D eigenvalue weighted by atomic mass is 32.1. The molecule has 0 rings (SSSR count). The maximum atomic E-state index is 5.07. The van der Waals surface area contributed by atoms with Gasteiger partial charge in [0.05, 0.1) is 12.9 Å². The van der Waals surface area contributed by atoms with E-state index < -0.39 is 0 Å². The SMILES string of the molecule is COCCN/C=N/C(N)=S. The molecule has 0 amide bonds. The summed E-state index contributed by atoms with van der Waals surface area (Å²) in [5.41, 5.74) is 5.07. The van der Waals surface area contributed by atoms with E-state index in [-0.39, 0.29) is 5.11 Å². The highest BCUT2D eigenvalue weighted by Crippen LogP contribution is 1.64. The van der Waals surface area contributed by atoms with E-state index >= 15 is 0 Å². The number of thiocarbonyl (C=S) groups is 1. The predicted octanol–water partition coefficient (Wildman–Crippen LogP) is -0.506. The van der Waals surface area contributed by atoms with Crippen molar-refractivity contribution in [3.8, 4) is 0 Å². The van der Waals surface area contributed by atoms with Gasteiger partial charge in [-0.25, -0.2) is 4.99 Å². The van der Waals surface area contributed by atoms with Crippen molar-refractivity contribution in [2.45, 2.75) is 0 Å². The molecule has 0 bridgehead atoms. The van der Waals surface area contributed by atoms with E-state index in [1.807, 2.05) is 0 Å². The summed E-state index contributed by atoms with van der Waals surface area (Å²) in [5.74, 6) is 0. The highest BCUT2D eigenvalue weighted by molar-refractivity contribution is 7.80. The Kier molecular flexibility index (Phi) is 6.00. The van der Waals surface area contributed by atoms with Crippen molar-refractivity contribution in [2.75, 3.05) is 20.3 Å². The first kappa shape index (κ1) is 9.32. The van der Waals surface area contributed by atoms with Gasteiger partial charge in [-0.05, 0) is 12.2 Å². The molecule has 0 saturated heterocycles. The Balaban J connectivity index is 3.10. The normalized spacial score (nSPS) is 10.1. The summed E-state index contributed by atoms with van der Waals surface area (Å²) in [6, 6.07) is 0. The zero-order valence-electron chi connectivity index (χ0n) is 5.83. The molecule has 10 heavy (non-hydrogen) atoms. The second kappa shape index (κ2) is 6.44. The maximum Gasteiger partial charge on any atom is 0.191 e. The van der Waals surface area contributed by atoms with Gasteiger partial charge in [0.2, 0.25) is 0 Å². The molecule has 0 aliphatic heterocycles. The van der Waals surface area contributed by atoms with Gasteiger partial charge in [-0.3, -0.25) is 0 Å². The molecule has 0 aromatic carbocycles. The first-order valence-electron chi connectivity index (χ1n) is 2.81. The summed E-state index contributed by atoms with van der Waals surface area (Å²) in [5, 5.41) is 2.96. The summed E-state index contributed by atoms with van der Waals surface area (Å²) < 4.78 is 4.76. The molecule has 0 heterocycles. The molecule has 0 aromatic heterocycles. The van der Waals surface area contributed by atoms with Crippen LogP contribution < -0.4 is 11.1 Å². The van der Waals surface area contributed by atoms with Crippen LogP contribution in [0.15, 0.2) is 4.99 Å². The number of nitrogens with zero attached hydrogens (tertiary/aromatic N) is 1. The second-order valence-corrected chi connectivity index (χ2v) is 1.96. The van der Waals surface area contributed by atoms with Crippen LogP contribution in [0, 0.1) is 0 Å². The molecule has 0 spiro atoms. The van der Waals surface area contributed by atoms with Crippen LogP contribution in [0.1, 0.15) is 0 Å². The zero-order valence-corrected chi connectivity index (χ0v) is 6.65. The number of nitrogens with one attached hydrogen (secondary N) is 1. The summed E-state index contributed by atoms with van der Waals surface area (Å²) >= 11 is 4.48. The van der Waals surface area contributed by atoms with Crippen LogP contribution in [0.3, 0.4) is 0 Å². The Labute approximate surface area is 65.5 Å². The molecule has 5 heteroatoms. The van der Waals surface area contributed by atoms with Gasteiger partial charge >= 0.3 is 0 Å². The number of ether oxygens (including phenoxy) is 1. The zero-order chi connectivity index (χ0) is 7.82. The highest BCUT2D eigenvalue weighted by Gasteiger charge is 1.79. The van der Waals surface area contributed by atoms with Gasteiger partial charge in [-0.2, -0.15) is 0 Å². The van der Waals surface area contributed by atoms with Crippen LogP contribution in [-0.4, -0.2) is 31.7 Å². The van der Waals surface area contributed by atoms with E-state index in [0.717, 1.165) is 0 Å². The summed E-state index contributed by atoms with van der Waals surface area (Å²) in [6.45, 7) is 1.35. The van der Waals surface area contributed by atoms with Crippen molar-refractivity contribution >= 4 is 23.7 Å². The minimum absolute atomic E-state index is 0.130. The number of aliphatic imine (C=N–C) groups is 1. The summed E-state index contributed by atoms with van der Waals surface area (Å²) in [6.07, 6.45) is 1.46. The van der Waals surface area contributed by atoms with Crippen molar-refractivity contribution < 1.29 is 4.74 Å². The van der Waals surface area contributed by atoms with Crippen molar-refractivity contribution in [1.29, 1.82) is 0 Å². The van der Waals surface area contributed by atoms with Gasteiger partial charge < -0.3 is 15.8 Å². The molecule has 0 saturated carbocycles. The molecule has 58 valence electrons. The van der Waals surface area contributed by atoms with E-state index in [2.05, 4.69) is 22.5 Å². The standard InChI is InChI=1S/C5H11N3OS/c1-9-3-2-7-4-8-5(6)10/h4H,2-3H2,1H3,(H3,6,7,8,10). The number of hydrogen-bond donors (Lipinski definition) is 2. The van der Waals surface area contributed by atoms with Gasteiger partial charge in [0.15, 0.2) is 5.11 Å². The Bertz CT molecular complexity index is 126. The third kappa shape index (κ3) is 7.32. The molecule has 0 radical (unpaired) electrons. The van der Waals surface area contributed by atoms with E-state index in [4.69, 9.17) is 10.5 Å². The van der Waals surface area contributed by atoms with E-state index in [0.29, 0.717) is 13.2 Å². The molecular formula is C5H11N3OS. The van der Waals surface area contributed by atoms with Crippen LogP contribution >= 0.6 is 12.2 Å². The number of methoxy groups -OCH3 is 1. The van der Waals surface area contributed by atoms with Crippen LogP contribution in [0.2, 0.25) is 0 Å². The predicted molar refractivity (Wildman–Crippen MR) is 45.2 cm³/mol. The summed E-state index contributed by atoms with van der Waals surface area (Å²) in [7, 11) is 1.63. The molecule has 0 aliphatic rings. The lowest BCUT2D eigenvalue weighted by molar-refractivity contribution is 0.204. The molecule has 3 N–H and O–H groups in total. The van der Waals surface area contributed by atoms with Crippen LogP contribution in [-0.2, 0) is 4.74 Å². The number of hydrogen-bond acceptors (Lipinski definition) is 2. The van der Waals surface area contributed by atoms with Crippen molar-refractivity contribution in [2.24, 2.45) is 10.7 Å². The Morgan fingerprint density at radius 1 is 1.90 bits per heavy atom. The van der Waals surface area contributed by atoms with Crippen LogP contribution in [0.5, 0.6) is 0 Å². The fourth-order valence-corrected chi connectivity index (χ4v) is 0.388. The third-order valence-corrected chi connectivity index (χ3v) is 0.839. The Hall–Kier alpha value is -0.680. The smallest absolute Gasteiger partial charge is 0.191 e. The van der Waals surface area contributed by atoms with Crippen molar-refractivity contribution in [3.63, 3.8) is 0 Å². The lowest BCUT2D eigenvalue weighted by atomic mass is 10.7. The van der Waals surface area contributed by atoms with E-state index in [1.54, 1.807) is 7.11 Å². The van der Waals surface area contributed by atoms with Crippen molar-refractivity contribution in [1.82, 2.24) is 5.32 Å². The van der Waals surface area contributed by atoms with E-state index in [1.165, 1.54) is 6.34 Å².